The zero-order valence-electron chi connectivity index (χ0n) is 61.6. The summed E-state index contributed by atoms with van der Waals surface area (Å²) in [6.45, 7) is 4.43. The Kier molecular flexibility index (Phi) is 70.0. The van der Waals surface area contributed by atoms with Crippen molar-refractivity contribution in [1.29, 1.82) is 0 Å². The molecule has 0 spiro atoms. The zero-order valence-corrected chi connectivity index (χ0v) is 61.6. The van der Waals surface area contributed by atoms with Gasteiger partial charge >= 0.3 is 11.9 Å². The fourth-order valence-corrected chi connectivity index (χ4v) is 9.26. The monoisotopic (exact) mass is 1330 g/mol. The van der Waals surface area contributed by atoms with E-state index in [0.29, 0.717) is 17.4 Å². The second-order valence-corrected chi connectivity index (χ2v) is 25.1. The first-order chi connectivity index (χ1) is 47.6. The van der Waals surface area contributed by atoms with Crippen molar-refractivity contribution in [2.45, 2.75) is 257 Å². The predicted molar refractivity (Wildman–Crippen MR) is 416 cm³/mol. The molecule has 0 aromatic rings. The Morgan fingerprint density at radius 3 is 0.845 bits per heavy atom. The molecule has 0 aliphatic rings. The van der Waals surface area contributed by atoms with E-state index in [0.717, 1.165) is 167 Å². The minimum absolute atomic E-state index is 0.126. The average molecular weight is 1340 g/mol. The van der Waals surface area contributed by atoms with Gasteiger partial charge in [0.1, 0.15) is 13.2 Å². The molecule has 0 fully saturated rings. The van der Waals surface area contributed by atoms with E-state index in [9.17, 15) is 19.5 Å². The first-order valence-electron chi connectivity index (χ1n) is 37.5. The second-order valence-electron chi connectivity index (χ2n) is 25.1. The maximum absolute atomic E-state index is 12.9. The molecule has 9 nitrogen and oxygen atoms in total. The highest BCUT2D eigenvalue weighted by Crippen LogP contribution is 2.15. The van der Waals surface area contributed by atoms with Gasteiger partial charge in [0, 0.05) is 12.8 Å². The van der Waals surface area contributed by atoms with Crippen molar-refractivity contribution in [2.24, 2.45) is 0 Å². The van der Waals surface area contributed by atoms with Crippen LogP contribution in [0.2, 0.25) is 0 Å². The maximum atomic E-state index is 12.9. The summed E-state index contributed by atoms with van der Waals surface area (Å²) in [6, 6.07) is 0. The molecule has 0 amide bonds. The molecule has 0 radical (unpaired) electrons. The van der Waals surface area contributed by atoms with Crippen LogP contribution in [0, 0.1) is 0 Å². The topological polar surface area (TPSA) is 111 Å². The molecule has 0 heterocycles. The van der Waals surface area contributed by atoms with Crippen LogP contribution >= 0.6 is 0 Å². The molecule has 2 atom stereocenters. The number of hydrogen-bond acceptors (Lipinski definition) is 8. The van der Waals surface area contributed by atoms with Gasteiger partial charge in [0.25, 0.3) is 0 Å². The third-order valence-electron chi connectivity index (χ3n) is 14.9. The van der Waals surface area contributed by atoms with Crippen molar-refractivity contribution >= 4 is 17.9 Å². The Balaban J connectivity index is 4.25. The number of carboxylic acid groups (broad SMARTS) is 1. The molecular formula is C88H135NO8. The molecule has 540 valence electrons. The van der Waals surface area contributed by atoms with Crippen LogP contribution in [0.25, 0.3) is 0 Å². The number of hydrogen-bond donors (Lipinski definition) is 0. The fourth-order valence-electron chi connectivity index (χ4n) is 9.26. The molecule has 0 aliphatic heterocycles. The number of allylic oxidation sites excluding steroid dienone is 38. The van der Waals surface area contributed by atoms with Crippen molar-refractivity contribution in [3.8, 4) is 0 Å². The van der Waals surface area contributed by atoms with Crippen LogP contribution in [0.1, 0.15) is 245 Å². The fraction of sp³-hybridized carbons (Fsp3) is 0.534. The minimum atomic E-state index is -1.65. The standard InChI is InChI=1S/C88H135NO8/c1-6-8-10-12-14-16-18-20-22-24-26-28-30-32-34-36-38-40-41-42-43-44-45-47-48-50-52-54-56-58-60-62-64-66-68-70-72-74-76-78-85(90)95-82-84(83-96-88(87(92)93)94-81-80-89(3,4)5)97-86(91)79-77-75-73-71-69-67-65-63-61-59-57-55-53-51-49-46-39-37-35-33-31-29-27-25-23-21-19-17-15-13-11-9-7-2/h8-11,14-17,20-23,26-29,32-35,38-40,42-43,45-47,50-53,57,59,63,65,69,71,84,88H,6-7,12-13,18-19,24-25,30-31,36-37,41,44,48-49,54-56,58,60-62,64,66-68,70,72-83H2,1-5H3/b10-8-,11-9-,16-14-,17-15-,22-20-,23-21-,28-26-,29-27-,34-32-,35-33-,40-38-,43-42-,46-39-,47-45-,52-50-,53-51-,59-57-,65-63-,71-69-. The van der Waals surface area contributed by atoms with Crippen LogP contribution in [-0.4, -0.2) is 82.3 Å². The quantitative estimate of drug-likeness (QED) is 0.0195. The van der Waals surface area contributed by atoms with Gasteiger partial charge in [0.15, 0.2) is 12.4 Å². The SMILES string of the molecule is CC/C=C\C/C=C\C/C=C\C/C=C\C/C=C\C/C=C\C/C=C\C/C=C\C/C=C\C/C=C\CCCCC(=O)OC(COC(=O)CCCCCCCCCCCCC/C=C\C/C=C\C/C=C\C/C=C\C/C=C\C/C=C\C/C=C\C/C=C\C/C=C\CC)COC(OCC[N+](C)(C)C)C(=O)[O-]. The summed E-state index contributed by atoms with van der Waals surface area (Å²) < 4.78 is 22.7. The van der Waals surface area contributed by atoms with Crippen LogP contribution in [0.3, 0.4) is 0 Å². The van der Waals surface area contributed by atoms with Gasteiger partial charge in [0.2, 0.25) is 0 Å². The van der Waals surface area contributed by atoms with E-state index >= 15 is 0 Å². The van der Waals surface area contributed by atoms with Gasteiger partial charge in [-0.25, -0.2) is 0 Å². The van der Waals surface area contributed by atoms with Crippen molar-refractivity contribution in [2.75, 3.05) is 47.5 Å². The number of unbranched alkanes of at least 4 members (excludes halogenated alkanes) is 13. The number of rotatable bonds is 66. The Bertz CT molecular complexity index is 2450. The number of carboxylic acids is 1. The molecule has 0 aliphatic carbocycles. The smallest absolute Gasteiger partial charge is 0.306 e. The largest absolute Gasteiger partial charge is 0.545 e. The molecular weight excluding hydrogens is 1200 g/mol. The molecule has 0 bridgehead atoms. The first kappa shape index (κ1) is 90.4. The third-order valence-corrected chi connectivity index (χ3v) is 14.9. The van der Waals surface area contributed by atoms with Crippen LogP contribution in [-0.2, 0) is 33.3 Å². The number of likely N-dealkylation sites (N-methyl/N-ethyl adjacent to an activating group) is 1. The van der Waals surface area contributed by atoms with Gasteiger partial charge < -0.3 is 33.3 Å². The van der Waals surface area contributed by atoms with Crippen molar-refractivity contribution in [1.82, 2.24) is 0 Å². The van der Waals surface area contributed by atoms with Gasteiger partial charge in [-0.2, -0.15) is 0 Å². The predicted octanol–water partition coefficient (Wildman–Crippen LogP) is 22.9. The molecule has 97 heavy (non-hydrogen) atoms. The van der Waals surface area contributed by atoms with E-state index in [1.165, 1.54) is 44.9 Å². The van der Waals surface area contributed by atoms with Crippen LogP contribution in [0.15, 0.2) is 231 Å². The van der Waals surface area contributed by atoms with E-state index in [2.05, 4.69) is 245 Å². The highest BCUT2D eigenvalue weighted by molar-refractivity contribution is 5.70. The van der Waals surface area contributed by atoms with Crippen molar-refractivity contribution in [3.63, 3.8) is 0 Å². The summed E-state index contributed by atoms with van der Waals surface area (Å²) in [7, 11) is 5.90. The van der Waals surface area contributed by atoms with E-state index in [-0.39, 0.29) is 38.6 Å². The summed E-state index contributed by atoms with van der Waals surface area (Å²) in [5.41, 5.74) is 0. The molecule has 0 aromatic carbocycles. The summed E-state index contributed by atoms with van der Waals surface area (Å²) in [5.74, 6) is -2.37. The molecule has 9 heteroatoms. The Hall–Kier alpha value is -6.65. The highest BCUT2D eigenvalue weighted by atomic mass is 16.7. The maximum Gasteiger partial charge on any atom is 0.306 e. The first-order valence-corrected chi connectivity index (χ1v) is 37.5. The number of aliphatic carboxylic acids is 1. The summed E-state index contributed by atoms with van der Waals surface area (Å²) in [5, 5.41) is 11.8. The van der Waals surface area contributed by atoms with E-state index in [1.54, 1.807) is 0 Å². The molecule has 2 unspecified atom stereocenters. The minimum Gasteiger partial charge on any atom is -0.545 e. The number of ether oxygens (including phenoxy) is 4. The van der Waals surface area contributed by atoms with Crippen molar-refractivity contribution in [3.05, 3.63) is 231 Å². The highest BCUT2D eigenvalue weighted by Gasteiger charge is 2.22. The lowest BCUT2D eigenvalue weighted by molar-refractivity contribution is -0.870. The number of carbonyl (C=O) groups is 3. The summed E-state index contributed by atoms with van der Waals surface area (Å²) in [6.07, 6.45) is 117. The number of esters is 2. The van der Waals surface area contributed by atoms with Gasteiger partial charge in [-0.3, -0.25) is 9.59 Å². The van der Waals surface area contributed by atoms with Crippen LogP contribution in [0.5, 0.6) is 0 Å². The van der Waals surface area contributed by atoms with E-state index < -0.39 is 24.3 Å². The van der Waals surface area contributed by atoms with Crippen LogP contribution < -0.4 is 5.11 Å². The Labute approximate surface area is 593 Å². The van der Waals surface area contributed by atoms with Gasteiger partial charge in [-0.1, -0.05) is 303 Å². The van der Waals surface area contributed by atoms with Gasteiger partial charge in [0.05, 0.1) is 40.3 Å². The molecule has 0 rings (SSSR count). The molecule has 0 saturated carbocycles. The number of carbonyl (C=O) groups excluding carboxylic acids is 3. The van der Waals surface area contributed by atoms with Gasteiger partial charge in [-0.05, 0) is 161 Å². The normalized spacial score (nSPS) is 14.0. The second kappa shape index (κ2) is 75.1. The number of quaternary nitrogens is 1. The molecule has 0 aromatic heterocycles. The van der Waals surface area contributed by atoms with E-state index in [1.807, 2.05) is 21.1 Å². The third kappa shape index (κ3) is 76.6. The summed E-state index contributed by atoms with van der Waals surface area (Å²) >= 11 is 0. The molecule has 0 N–H and O–H groups in total. The summed E-state index contributed by atoms with van der Waals surface area (Å²) in [4.78, 5) is 37.5. The van der Waals surface area contributed by atoms with Crippen LogP contribution in [0.4, 0.5) is 0 Å². The lowest BCUT2D eigenvalue weighted by atomic mass is 10.0. The van der Waals surface area contributed by atoms with E-state index in [4.69, 9.17) is 18.9 Å². The lowest BCUT2D eigenvalue weighted by Gasteiger charge is -2.26. The molecule has 0 saturated heterocycles. The Morgan fingerprint density at radius 2 is 0.557 bits per heavy atom. The lowest BCUT2D eigenvalue weighted by Crippen LogP contribution is -2.44. The van der Waals surface area contributed by atoms with Gasteiger partial charge in [-0.15, -0.1) is 0 Å². The Morgan fingerprint density at radius 1 is 0.309 bits per heavy atom. The number of nitrogens with zero attached hydrogens (tertiary/aromatic N) is 1. The average Bonchev–Trinajstić information content (AvgIpc) is 2.59. The zero-order chi connectivity index (χ0) is 70.4. The van der Waals surface area contributed by atoms with Crippen molar-refractivity contribution < 1.29 is 42.9 Å².